The van der Waals surface area contributed by atoms with Crippen LogP contribution in [-0.4, -0.2) is 18.2 Å². The molecule has 1 aliphatic heterocycles. The number of aliphatic hydroxyl groups is 1. The smallest absolute Gasteiger partial charge is 0.0971 e. The Bertz CT molecular complexity index is 313. The molecule has 2 rings (SSSR count). The van der Waals surface area contributed by atoms with Crippen LogP contribution in [0.3, 0.4) is 0 Å². The zero-order chi connectivity index (χ0) is 10.9. The molecule has 15 heavy (non-hydrogen) atoms. The summed E-state index contributed by atoms with van der Waals surface area (Å²) >= 11 is 0. The van der Waals surface area contributed by atoms with Crippen LogP contribution in [0.4, 0.5) is 0 Å². The van der Waals surface area contributed by atoms with Gasteiger partial charge in [-0.15, -0.1) is 0 Å². The Morgan fingerprint density at radius 2 is 1.67 bits per heavy atom. The Kier molecular flexibility index (Phi) is 2.81. The van der Waals surface area contributed by atoms with Gasteiger partial charge >= 0.3 is 0 Å². The molecule has 0 aliphatic carbocycles. The summed E-state index contributed by atoms with van der Waals surface area (Å²) < 4.78 is 0. The van der Waals surface area contributed by atoms with E-state index in [1.165, 1.54) is 0 Å². The molecule has 0 aromatic heterocycles. The summed E-state index contributed by atoms with van der Waals surface area (Å²) in [5, 5.41) is 14.2. The van der Waals surface area contributed by atoms with Gasteiger partial charge in [-0.05, 0) is 5.56 Å². The van der Waals surface area contributed by atoms with E-state index in [-0.39, 0.29) is 11.8 Å². The summed E-state index contributed by atoms with van der Waals surface area (Å²) in [5.41, 5.74) is 0.374. The van der Waals surface area contributed by atoms with Gasteiger partial charge in [-0.2, -0.15) is 0 Å². The van der Waals surface area contributed by atoms with Crippen LogP contribution in [0.2, 0.25) is 0 Å². The quantitative estimate of drug-likeness (QED) is 0.732. The van der Waals surface area contributed by atoms with Gasteiger partial charge < -0.3 is 10.4 Å². The number of nitrogens with one attached hydrogen (secondary N) is 1. The lowest BCUT2D eigenvalue weighted by atomic mass is 9.71. The highest BCUT2D eigenvalue weighted by Crippen LogP contribution is 2.38. The minimum atomic E-state index is -0.674. The number of hydrogen-bond acceptors (Lipinski definition) is 2. The van der Waals surface area contributed by atoms with Crippen LogP contribution < -0.4 is 5.32 Å². The zero-order valence-corrected chi connectivity index (χ0v) is 9.40. The first kappa shape index (κ1) is 10.7. The Balaban J connectivity index is 2.38. The fourth-order valence-electron chi connectivity index (χ4n) is 2.59. The molecule has 2 heteroatoms. The molecule has 0 saturated carbocycles. The van der Waals surface area contributed by atoms with Crippen molar-refractivity contribution in [1.82, 2.24) is 5.32 Å². The molecule has 1 heterocycles. The van der Waals surface area contributed by atoms with Crippen LogP contribution >= 0.6 is 0 Å². The molecule has 1 aromatic rings. The van der Waals surface area contributed by atoms with E-state index >= 15 is 0 Å². The molecule has 0 bridgehead atoms. The van der Waals surface area contributed by atoms with E-state index in [1.54, 1.807) is 0 Å². The Hall–Kier alpha value is -0.860. The largest absolute Gasteiger partial charge is 0.385 e. The van der Waals surface area contributed by atoms with Gasteiger partial charge in [-0.25, -0.2) is 0 Å². The molecule has 0 amide bonds. The Morgan fingerprint density at radius 1 is 1.13 bits per heavy atom. The van der Waals surface area contributed by atoms with Crippen LogP contribution in [0.15, 0.2) is 30.3 Å². The minimum Gasteiger partial charge on any atom is -0.385 e. The minimum absolute atomic E-state index is 0.253. The van der Waals surface area contributed by atoms with Crippen LogP contribution in [0.25, 0.3) is 0 Å². The van der Waals surface area contributed by atoms with Crippen molar-refractivity contribution in [2.24, 2.45) is 11.8 Å². The van der Waals surface area contributed by atoms with Gasteiger partial charge in [0.25, 0.3) is 0 Å². The number of rotatable bonds is 1. The maximum absolute atomic E-state index is 10.8. The van der Waals surface area contributed by atoms with E-state index in [0.717, 1.165) is 18.7 Å². The van der Waals surface area contributed by atoms with E-state index in [4.69, 9.17) is 0 Å². The summed E-state index contributed by atoms with van der Waals surface area (Å²) in [6, 6.07) is 10.0. The molecular weight excluding hydrogens is 186 g/mol. The van der Waals surface area contributed by atoms with E-state index in [0.29, 0.717) is 0 Å². The molecule has 0 spiro atoms. The SMILES string of the molecule is C[C@@H]1CNC[C@@H](C)C1(O)c1ccccc1. The van der Waals surface area contributed by atoms with Crippen molar-refractivity contribution in [3.05, 3.63) is 35.9 Å². The summed E-state index contributed by atoms with van der Waals surface area (Å²) in [5.74, 6) is 0.507. The first-order chi connectivity index (χ1) is 7.15. The lowest BCUT2D eigenvalue weighted by Gasteiger charge is -2.44. The van der Waals surface area contributed by atoms with E-state index in [1.807, 2.05) is 30.3 Å². The predicted molar refractivity (Wildman–Crippen MR) is 61.5 cm³/mol. The van der Waals surface area contributed by atoms with Crippen molar-refractivity contribution in [2.45, 2.75) is 19.4 Å². The van der Waals surface area contributed by atoms with Gasteiger partial charge in [0.1, 0.15) is 0 Å². The second kappa shape index (κ2) is 3.95. The molecule has 2 nitrogen and oxygen atoms in total. The molecule has 1 aromatic carbocycles. The highest BCUT2D eigenvalue weighted by atomic mass is 16.3. The molecule has 82 valence electrons. The topological polar surface area (TPSA) is 32.3 Å². The van der Waals surface area contributed by atoms with Gasteiger partial charge in [-0.1, -0.05) is 44.2 Å². The zero-order valence-electron chi connectivity index (χ0n) is 9.40. The maximum Gasteiger partial charge on any atom is 0.0971 e. The normalized spacial score (nSPS) is 30.1. The predicted octanol–water partition coefficient (Wildman–Crippen LogP) is 1.75. The van der Waals surface area contributed by atoms with Crippen molar-refractivity contribution >= 4 is 0 Å². The summed E-state index contributed by atoms with van der Waals surface area (Å²) in [7, 11) is 0. The van der Waals surface area contributed by atoms with Gasteiger partial charge in [0.2, 0.25) is 0 Å². The molecule has 1 saturated heterocycles. The highest BCUT2D eigenvalue weighted by molar-refractivity contribution is 5.25. The molecule has 2 N–H and O–H groups in total. The van der Waals surface area contributed by atoms with E-state index in [9.17, 15) is 5.11 Å². The van der Waals surface area contributed by atoms with E-state index < -0.39 is 5.60 Å². The molecule has 1 fully saturated rings. The number of hydrogen-bond donors (Lipinski definition) is 2. The molecular formula is C13H19NO. The fourth-order valence-corrected chi connectivity index (χ4v) is 2.59. The lowest BCUT2D eigenvalue weighted by molar-refractivity contribution is -0.0806. The van der Waals surface area contributed by atoms with Crippen molar-refractivity contribution in [2.75, 3.05) is 13.1 Å². The first-order valence-electron chi connectivity index (χ1n) is 5.64. The van der Waals surface area contributed by atoms with Gasteiger partial charge in [0.05, 0.1) is 5.60 Å². The van der Waals surface area contributed by atoms with Gasteiger partial charge in [0, 0.05) is 24.9 Å². The third kappa shape index (κ3) is 1.68. The monoisotopic (exact) mass is 205 g/mol. The summed E-state index contributed by atoms with van der Waals surface area (Å²) in [4.78, 5) is 0. The standard InChI is InChI=1S/C13H19NO/c1-10-8-14-9-11(2)13(10,15)12-6-4-3-5-7-12/h3-7,10-11,14-15H,8-9H2,1-2H3/t10-,11-/m1/s1. The van der Waals surface area contributed by atoms with Crippen molar-refractivity contribution in [3.63, 3.8) is 0 Å². The van der Waals surface area contributed by atoms with Crippen molar-refractivity contribution < 1.29 is 5.11 Å². The molecule has 1 aliphatic rings. The summed E-state index contributed by atoms with van der Waals surface area (Å²) in [6.07, 6.45) is 0. The summed E-state index contributed by atoms with van der Waals surface area (Å²) in [6.45, 7) is 5.98. The van der Waals surface area contributed by atoms with E-state index in [2.05, 4.69) is 19.2 Å². The maximum atomic E-state index is 10.8. The van der Waals surface area contributed by atoms with Gasteiger partial charge in [0.15, 0.2) is 0 Å². The highest BCUT2D eigenvalue weighted by Gasteiger charge is 2.42. The average Bonchev–Trinajstić information content (AvgIpc) is 2.27. The number of benzene rings is 1. The van der Waals surface area contributed by atoms with Crippen LogP contribution in [0, 0.1) is 11.8 Å². The molecule has 2 atom stereocenters. The third-order valence-corrected chi connectivity index (χ3v) is 3.64. The fraction of sp³-hybridized carbons (Fsp3) is 0.538. The van der Waals surface area contributed by atoms with Crippen LogP contribution in [0.1, 0.15) is 19.4 Å². The molecule has 0 unspecified atom stereocenters. The van der Waals surface area contributed by atoms with Gasteiger partial charge in [-0.3, -0.25) is 0 Å². The van der Waals surface area contributed by atoms with Crippen molar-refractivity contribution in [1.29, 1.82) is 0 Å². The number of piperidine rings is 1. The third-order valence-electron chi connectivity index (χ3n) is 3.64. The lowest BCUT2D eigenvalue weighted by Crippen LogP contribution is -2.52. The van der Waals surface area contributed by atoms with Crippen molar-refractivity contribution in [3.8, 4) is 0 Å². The Morgan fingerprint density at radius 3 is 2.20 bits per heavy atom. The molecule has 0 radical (unpaired) electrons. The second-order valence-electron chi connectivity index (χ2n) is 4.65. The van der Waals surface area contributed by atoms with Crippen LogP contribution in [-0.2, 0) is 5.60 Å². The first-order valence-corrected chi connectivity index (χ1v) is 5.64. The Labute approximate surface area is 91.3 Å². The second-order valence-corrected chi connectivity index (χ2v) is 4.65. The van der Waals surface area contributed by atoms with Crippen LogP contribution in [0.5, 0.6) is 0 Å². The average molecular weight is 205 g/mol.